The zero-order chi connectivity index (χ0) is 15.1. The Balaban J connectivity index is 2.09. The fourth-order valence-electron chi connectivity index (χ4n) is 2.70. The summed E-state index contributed by atoms with van der Waals surface area (Å²) in [5.41, 5.74) is 10.8. The maximum Gasteiger partial charge on any atom is 0.161 e. The zero-order valence-electron chi connectivity index (χ0n) is 12.5. The molecule has 0 amide bonds. The fraction of sp³-hybridized carbons (Fsp3) is 0.375. The third-order valence-corrected chi connectivity index (χ3v) is 5.02. The van der Waals surface area contributed by atoms with Crippen LogP contribution in [0.1, 0.15) is 31.0 Å². The largest absolute Gasteiger partial charge is 0.383 e. The maximum atomic E-state index is 6.06. The molecule has 1 aromatic heterocycles. The molecule has 3 rings (SSSR count). The summed E-state index contributed by atoms with van der Waals surface area (Å²) in [5, 5.41) is 0. The first-order valence-electron chi connectivity index (χ1n) is 7.14. The van der Waals surface area contributed by atoms with Crippen molar-refractivity contribution >= 4 is 34.1 Å². The molecule has 0 saturated heterocycles. The van der Waals surface area contributed by atoms with E-state index in [1.807, 2.05) is 0 Å². The molecule has 21 heavy (non-hydrogen) atoms. The molecule has 0 bridgehead atoms. The lowest BCUT2D eigenvalue weighted by molar-refractivity contribution is 0.810. The highest BCUT2D eigenvalue weighted by Crippen LogP contribution is 2.32. The number of halogens is 1. The SMILES string of the molecule is CC(C)c1nc(-c2ccc3c(c2)CCN3C)nc(N)c1I. The molecule has 0 saturated carbocycles. The van der Waals surface area contributed by atoms with Gasteiger partial charge in [0.1, 0.15) is 5.82 Å². The van der Waals surface area contributed by atoms with Gasteiger partial charge in [0.25, 0.3) is 0 Å². The lowest BCUT2D eigenvalue weighted by Crippen LogP contribution is -2.12. The van der Waals surface area contributed by atoms with Gasteiger partial charge in [-0.2, -0.15) is 0 Å². The molecule has 0 fully saturated rings. The van der Waals surface area contributed by atoms with Crippen molar-refractivity contribution in [2.24, 2.45) is 0 Å². The van der Waals surface area contributed by atoms with Crippen LogP contribution in [0.5, 0.6) is 0 Å². The van der Waals surface area contributed by atoms with Crippen LogP contribution >= 0.6 is 22.6 Å². The highest BCUT2D eigenvalue weighted by molar-refractivity contribution is 14.1. The Labute approximate surface area is 138 Å². The summed E-state index contributed by atoms with van der Waals surface area (Å²) in [6.45, 7) is 5.34. The van der Waals surface area contributed by atoms with Crippen LogP contribution in [0.15, 0.2) is 18.2 Å². The van der Waals surface area contributed by atoms with E-state index in [9.17, 15) is 0 Å². The summed E-state index contributed by atoms with van der Waals surface area (Å²) >= 11 is 2.23. The van der Waals surface area contributed by atoms with Crippen molar-refractivity contribution in [3.05, 3.63) is 33.0 Å². The standard InChI is InChI=1S/C16H19IN4/c1-9(2)14-13(17)15(18)20-16(19-14)11-4-5-12-10(8-11)6-7-21(12)3/h4-5,8-9H,6-7H2,1-3H3,(H2,18,19,20). The fourth-order valence-corrected chi connectivity index (χ4v) is 3.56. The second-order valence-corrected chi connectivity index (χ2v) is 6.88. The number of nitrogen functional groups attached to an aromatic ring is 1. The third kappa shape index (κ3) is 2.59. The van der Waals surface area contributed by atoms with Crippen LogP contribution in [0, 0.1) is 3.57 Å². The van der Waals surface area contributed by atoms with Crippen molar-refractivity contribution < 1.29 is 0 Å². The van der Waals surface area contributed by atoms with Crippen LogP contribution in [0.4, 0.5) is 11.5 Å². The Kier molecular flexibility index (Phi) is 3.77. The zero-order valence-corrected chi connectivity index (χ0v) is 14.7. The average molecular weight is 394 g/mol. The lowest BCUT2D eigenvalue weighted by atomic mass is 10.1. The van der Waals surface area contributed by atoms with Gasteiger partial charge in [0.2, 0.25) is 0 Å². The molecule has 0 aliphatic carbocycles. The number of anilines is 2. The average Bonchev–Trinajstić information content (AvgIpc) is 2.82. The van der Waals surface area contributed by atoms with E-state index in [4.69, 9.17) is 10.7 Å². The lowest BCUT2D eigenvalue weighted by Gasteiger charge is -2.14. The minimum absolute atomic E-state index is 0.335. The number of rotatable bonds is 2. The highest BCUT2D eigenvalue weighted by atomic mass is 127. The summed E-state index contributed by atoms with van der Waals surface area (Å²) in [4.78, 5) is 11.5. The van der Waals surface area contributed by atoms with Gasteiger partial charge < -0.3 is 10.6 Å². The summed E-state index contributed by atoms with van der Waals surface area (Å²) in [7, 11) is 2.13. The molecule has 0 atom stereocenters. The van der Waals surface area contributed by atoms with Gasteiger partial charge in [-0.1, -0.05) is 13.8 Å². The normalized spacial score (nSPS) is 13.9. The molecule has 0 unspecified atom stereocenters. The van der Waals surface area contributed by atoms with Crippen LogP contribution in [-0.2, 0) is 6.42 Å². The minimum Gasteiger partial charge on any atom is -0.383 e. The molecule has 2 aromatic rings. The molecule has 2 heterocycles. The Morgan fingerprint density at radius 1 is 1.29 bits per heavy atom. The molecule has 1 aliphatic rings. The van der Waals surface area contributed by atoms with Crippen LogP contribution in [-0.4, -0.2) is 23.6 Å². The molecular formula is C16H19IN4. The van der Waals surface area contributed by atoms with Crippen molar-refractivity contribution in [1.82, 2.24) is 9.97 Å². The molecule has 4 nitrogen and oxygen atoms in total. The molecule has 1 aromatic carbocycles. The Morgan fingerprint density at radius 2 is 2.05 bits per heavy atom. The number of likely N-dealkylation sites (N-methyl/N-ethyl adjacent to an activating group) is 1. The van der Waals surface area contributed by atoms with Crippen LogP contribution in [0.3, 0.4) is 0 Å². The quantitative estimate of drug-likeness (QED) is 0.793. The Bertz CT molecular complexity index is 697. The van der Waals surface area contributed by atoms with Gasteiger partial charge in [0, 0.05) is 24.8 Å². The molecule has 0 radical (unpaired) electrons. The van der Waals surface area contributed by atoms with Gasteiger partial charge >= 0.3 is 0 Å². The van der Waals surface area contributed by atoms with E-state index >= 15 is 0 Å². The Morgan fingerprint density at radius 3 is 2.76 bits per heavy atom. The molecule has 2 N–H and O–H groups in total. The van der Waals surface area contributed by atoms with Crippen molar-refractivity contribution in [2.75, 3.05) is 24.2 Å². The van der Waals surface area contributed by atoms with Crippen LogP contribution < -0.4 is 10.6 Å². The number of aromatic nitrogens is 2. The van der Waals surface area contributed by atoms with Crippen molar-refractivity contribution in [2.45, 2.75) is 26.2 Å². The predicted octanol–water partition coefficient (Wildman–Crippen LogP) is 3.45. The van der Waals surface area contributed by atoms with E-state index in [1.54, 1.807) is 0 Å². The number of hydrogen-bond acceptors (Lipinski definition) is 4. The first kappa shape index (κ1) is 14.6. The monoisotopic (exact) mass is 394 g/mol. The number of benzene rings is 1. The number of hydrogen-bond donors (Lipinski definition) is 1. The Hall–Kier alpha value is -1.37. The minimum atomic E-state index is 0.335. The highest BCUT2D eigenvalue weighted by Gasteiger charge is 2.18. The van der Waals surface area contributed by atoms with Gasteiger partial charge in [-0.3, -0.25) is 0 Å². The number of fused-ring (bicyclic) bond motifs is 1. The summed E-state index contributed by atoms with van der Waals surface area (Å²) in [6, 6.07) is 6.45. The van der Waals surface area contributed by atoms with E-state index in [2.05, 4.69) is 71.6 Å². The van der Waals surface area contributed by atoms with Gasteiger partial charge in [0.15, 0.2) is 5.82 Å². The van der Waals surface area contributed by atoms with E-state index in [0.29, 0.717) is 11.7 Å². The first-order valence-corrected chi connectivity index (χ1v) is 8.22. The number of nitrogens with two attached hydrogens (primary N) is 1. The second kappa shape index (κ2) is 5.44. The summed E-state index contributed by atoms with van der Waals surface area (Å²) in [5.74, 6) is 1.64. The van der Waals surface area contributed by atoms with Crippen molar-refractivity contribution in [3.8, 4) is 11.4 Å². The molecule has 110 valence electrons. The van der Waals surface area contributed by atoms with Gasteiger partial charge in [-0.15, -0.1) is 0 Å². The van der Waals surface area contributed by atoms with Crippen molar-refractivity contribution in [3.63, 3.8) is 0 Å². The van der Waals surface area contributed by atoms with E-state index in [1.165, 1.54) is 11.3 Å². The number of nitrogens with zero attached hydrogens (tertiary/aromatic N) is 3. The predicted molar refractivity (Wildman–Crippen MR) is 95.7 cm³/mol. The van der Waals surface area contributed by atoms with Crippen LogP contribution in [0.25, 0.3) is 11.4 Å². The molecule has 1 aliphatic heterocycles. The smallest absolute Gasteiger partial charge is 0.161 e. The first-order chi connectivity index (χ1) is 9.97. The van der Waals surface area contributed by atoms with Crippen LogP contribution in [0.2, 0.25) is 0 Å². The molecule has 5 heteroatoms. The second-order valence-electron chi connectivity index (χ2n) is 5.80. The molecule has 0 spiro atoms. The van der Waals surface area contributed by atoms with Gasteiger partial charge in [0.05, 0.1) is 9.26 Å². The van der Waals surface area contributed by atoms with Gasteiger partial charge in [-0.25, -0.2) is 9.97 Å². The van der Waals surface area contributed by atoms with E-state index in [-0.39, 0.29) is 0 Å². The van der Waals surface area contributed by atoms with Crippen molar-refractivity contribution in [1.29, 1.82) is 0 Å². The molecular weight excluding hydrogens is 375 g/mol. The van der Waals surface area contributed by atoms with E-state index in [0.717, 1.165) is 33.6 Å². The summed E-state index contributed by atoms with van der Waals surface area (Å²) in [6.07, 6.45) is 1.08. The third-order valence-electron chi connectivity index (χ3n) is 3.91. The topological polar surface area (TPSA) is 55.0 Å². The summed E-state index contributed by atoms with van der Waals surface area (Å²) < 4.78 is 0.965. The van der Waals surface area contributed by atoms with Gasteiger partial charge in [-0.05, 0) is 58.7 Å². The van der Waals surface area contributed by atoms with E-state index < -0.39 is 0 Å². The maximum absolute atomic E-state index is 6.06.